The molecular weight excluding hydrogens is 327 g/mol. The molecule has 1 amide bonds. The minimum atomic E-state index is -0.0185. The third-order valence-corrected chi connectivity index (χ3v) is 3.05. The number of carbonyl (C=O) groups excluding carboxylic acids is 1. The van der Waals surface area contributed by atoms with Crippen molar-refractivity contribution in [2.45, 2.75) is 19.3 Å². The summed E-state index contributed by atoms with van der Waals surface area (Å²) in [6, 6.07) is 7.23. The van der Waals surface area contributed by atoms with Crippen molar-refractivity contribution in [2.75, 3.05) is 13.1 Å². The van der Waals surface area contributed by atoms with Crippen LogP contribution in [0.5, 0.6) is 0 Å². The highest BCUT2D eigenvalue weighted by molar-refractivity contribution is 6.30. The molecule has 2 rings (SSSR count). The fourth-order valence-corrected chi connectivity index (χ4v) is 1.95. The maximum Gasteiger partial charge on any atom is 0.228 e. The van der Waals surface area contributed by atoms with Gasteiger partial charge in [0, 0.05) is 30.0 Å². The van der Waals surface area contributed by atoms with E-state index in [1.807, 2.05) is 12.1 Å². The average molecular weight is 345 g/mol. The fraction of sp³-hybridized carbons (Fsp3) is 0.357. The van der Waals surface area contributed by atoms with E-state index in [0.717, 1.165) is 5.56 Å². The van der Waals surface area contributed by atoms with Crippen LogP contribution in [0.1, 0.15) is 18.7 Å². The molecule has 0 atom stereocenters. The van der Waals surface area contributed by atoms with Crippen LogP contribution in [0.25, 0.3) is 11.4 Å². The van der Waals surface area contributed by atoms with E-state index in [1.54, 1.807) is 12.1 Å². The van der Waals surface area contributed by atoms with Gasteiger partial charge in [0.15, 0.2) is 0 Å². The molecule has 120 valence electrons. The molecule has 0 aliphatic carbocycles. The van der Waals surface area contributed by atoms with Gasteiger partial charge in [-0.15, -0.1) is 12.4 Å². The van der Waals surface area contributed by atoms with Gasteiger partial charge in [0.1, 0.15) is 0 Å². The molecule has 1 aromatic carbocycles. The molecule has 3 N–H and O–H groups in total. The summed E-state index contributed by atoms with van der Waals surface area (Å²) in [6.45, 7) is 0.973. The van der Waals surface area contributed by atoms with Gasteiger partial charge in [-0.05, 0) is 25.1 Å². The van der Waals surface area contributed by atoms with Gasteiger partial charge in [0.25, 0.3) is 0 Å². The monoisotopic (exact) mass is 344 g/mol. The predicted molar refractivity (Wildman–Crippen MR) is 87.0 cm³/mol. The predicted octanol–water partition coefficient (Wildman–Crippen LogP) is 2.21. The number of hydrogen-bond acceptors (Lipinski definition) is 5. The maximum absolute atomic E-state index is 11.4. The molecule has 0 fully saturated rings. The topological polar surface area (TPSA) is 94.0 Å². The first-order valence-electron chi connectivity index (χ1n) is 6.74. The standard InChI is InChI=1S/C14H17ClN4O2.ClH/c15-11-4-1-3-10(9-11)14-18-13(21-19-14)6-8-17-12(20)5-2-7-16;/h1,3-4,9H,2,5-8,16H2,(H,17,20);1H. The Morgan fingerprint density at radius 2 is 2.23 bits per heavy atom. The number of nitrogens with zero attached hydrogens (tertiary/aromatic N) is 2. The molecule has 0 aliphatic heterocycles. The molecule has 2 aromatic rings. The van der Waals surface area contributed by atoms with Crippen molar-refractivity contribution in [1.29, 1.82) is 0 Å². The van der Waals surface area contributed by atoms with Gasteiger partial charge in [-0.2, -0.15) is 4.98 Å². The Morgan fingerprint density at radius 1 is 1.41 bits per heavy atom. The first-order chi connectivity index (χ1) is 10.2. The zero-order chi connectivity index (χ0) is 15.1. The number of aromatic nitrogens is 2. The lowest BCUT2D eigenvalue weighted by Gasteiger charge is -2.01. The van der Waals surface area contributed by atoms with E-state index < -0.39 is 0 Å². The number of benzene rings is 1. The normalized spacial score (nSPS) is 10.1. The lowest BCUT2D eigenvalue weighted by Crippen LogP contribution is -2.26. The minimum absolute atomic E-state index is 0. The van der Waals surface area contributed by atoms with Crippen LogP contribution in [-0.4, -0.2) is 29.1 Å². The summed E-state index contributed by atoms with van der Waals surface area (Å²) in [4.78, 5) is 15.7. The van der Waals surface area contributed by atoms with Crippen LogP contribution in [0.15, 0.2) is 28.8 Å². The number of rotatable bonds is 7. The summed E-state index contributed by atoms with van der Waals surface area (Å²) < 4.78 is 5.15. The van der Waals surface area contributed by atoms with E-state index in [1.165, 1.54) is 0 Å². The number of halogens is 2. The first-order valence-corrected chi connectivity index (χ1v) is 7.12. The van der Waals surface area contributed by atoms with Gasteiger partial charge in [-0.1, -0.05) is 28.9 Å². The minimum Gasteiger partial charge on any atom is -0.356 e. The number of nitrogens with one attached hydrogen (secondary N) is 1. The third-order valence-electron chi connectivity index (χ3n) is 2.82. The average Bonchev–Trinajstić information content (AvgIpc) is 2.94. The Bertz CT molecular complexity index is 604. The van der Waals surface area contributed by atoms with Crippen molar-refractivity contribution in [1.82, 2.24) is 15.5 Å². The van der Waals surface area contributed by atoms with Crippen LogP contribution < -0.4 is 11.1 Å². The van der Waals surface area contributed by atoms with Crippen molar-refractivity contribution < 1.29 is 9.32 Å². The van der Waals surface area contributed by atoms with Crippen LogP contribution >= 0.6 is 24.0 Å². The van der Waals surface area contributed by atoms with E-state index in [4.69, 9.17) is 21.9 Å². The quantitative estimate of drug-likeness (QED) is 0.802. The number of carbonyl (C=O) groups is 1. The highest BCUT2D eigenvalue weighted by atomic mass is 35.5. The van der Waals surface area contributed by atoms with E-state index in [-0.39, 0.29) is 18.3 Å². The summed E-state index contributed by atoms with van der Waals surface area (Å²) >= 11 is 5.92. The Morgan fingerprint density at radius 3 is 2.95 bits per heavy atom. The maximum atomic E-state index is 11.4. The SMILES string of the molecule is Cl.NCCCC(=O)NCCc1nc(-c2cccc(Cl)c2)no1. The van der Waals surface area contributed by atoms with Gasteiger partial charge >= 0.3 is 0 Å². The Labute approximate surface area is 139 Å². The van der Waals surface area contributed by atoms with Gasteiger partial charge in [-0.25, -0.2) is 0 Å². The van der Waals surface area contributed by atoms with Crippen molar-refractivity contribution in [3.05, 3.63) is 35.2 Å². The van der Waals surface area contributed by atoms with Crippen molar-refractivity contribution in [3.63, 3.8) is 0 Å². The van der Waals surface area contributed by atoms with Gasteiger partial charge in [0.05, 0.1) is 0 Å². The largest absolute Gasteiger partial charge is 0.356 e. The zero-order valence-electron chi connectivity index (χ0n) is 11.9. The van der Waals surface area contributed by atoms with Crippen molar-refractivity contribution in [2.24, 2.45) is 5.73 Å². The molecule has 0 aliphatic rings. The molecule has 0 radical (unpaired) electrons. The lowest BCUT2D eigenvalue weighted by molar-refractivity contribution is -0.121. The Kier molecular flexibility index (Phi) is 7.87. The molecule has 22 heavy (non-hydrogen) atoms. The van der Waals surface area contributed by atoms with E-state index >= 15 is 0 Å². The molecule has 0 saturated carbocycles. The molecule has 0 unspecified atom stereocenters. The highest BCUT2D eigenvalue weighted by Crippen LogP contribution is 2.19. The van der Waals surface area contributed by atoms with Gasteiger partial charge in [0.2, 0.25) is 17.6 Å². The molecule has 0 bridgehead atoms. The number of hydrogen-bond donors (Lipinski definition) is 2. The smallest absolute Gasteiger partial charge is 0.228 e. The van der Waals surface area contributed by atoms with Gasteiger partial charge in [-0.3, -0.25) is 4.79 Å². The Hall–Kier alpha value is -1.63. The summed E-state index contributed by atoms with van der Waals surface area (Å²) in [6.07, 6.45) is 1.61. The van der Waals surface area contributed by atoms with Crippen molar-refractivity contribution in [3.8, 4) is 11.4 Å². The van der Waals surface area contributed by atoms with Crippen LogP contribution in [-0.2, 0) is 11.2 Å². The summed E-state index contributed by atoms with van der Waals surface area (Å²) in [5, 5.41) is 7.30. The fourth-order valence-electron chi connectivity index (χ4n) is 1.76. The summed E-state index contributed by atoms with van der Waals surface area (Å²) in [7, 11) is 0. The molecule has 0 spiro atoms. The number of nitrogens with two attached hydrogens (primary N) is 1. The summed E-state index contributed by atoms with van der Waals surface area (Å²) in [5.41, 5.74) is 6.14. The second-order valence-corrected chi connectivity index (χ2v) is 4.95. The molecule has 8 heteroatoms. The zero-order valence-corrected chi connectivity index (χ0v) is 13.5. The third kappa shape index (κ3) is 5.63. The van der Waals surface area contributed by atoms with E-state index in [9.17, 15) is 4.79 Å². The van der Waals surface area contributed by atoms with Crippen LogP contribution in [0.4, 0.5) is 0 Å². The second-order valence-electron chi connectivity index (χ2n) is 4.51. The lowest BCUT2D eigenvalue weighted by atomic mass is 10.2. The molecular formula is C14H18Cl2N4O2. The van der Waals surface area contributed by atoms with Crippen LogP contribution in [0.2, 0.25) is 5.02 Å². The molecule has 1 aromatic heterocycles. The Balaban J connectivity index is 0.00000242. The van der Waals surface area contributed by atoms with E-state index in [0.29, 0.717) is 49.1 Å². The molecule has 1 heterocycles. The van der Waals surface area contributed by atoms with E-state index in [2.05, 4.69) is 15.5 Å². The highest BCUT2D eigenvalue weighted by Gasteiger charge is 2.09. The van der Waals surface area contributed by atoms with Crippen LogP contribution in [0, 0.1) is 0 Å². The van der Waals surface area contributed by atoms with Crippen LogP contribution in [0.3, 0.4) is 0 Å². The number of amides is 1. The van der Waals surface area contributed by atoms with Crippen molar-refractivity contribution >= 4 is 29.9 Å². The molecule has 6 nitrogen and oxygen atoms in total. The second kappa shape index (κ2) is 9.40. The molecule has 0 saturated heterocycles. The first kappa shape index (κ1) is 18.4. The summed E-state index contributed by atoms with van der Waals surface area (Å²) in [5.74, 6) is 0.945. The van der Waals surface area contributed by atoms with Gasteiger partial charge < -0.3 is 15.6 Å².